The second-order valence-corrected chi connectivity index (χ2v) is 7.13. The predicted octanol–water partition coefficient (Wildman–Crippen LogP) is 1.41. The number of nitrogens with zero attached hydrogens (tertiary/aromatic N) is 2. The van der Waals surface area contributed by atoms with Crippen molar-refractivity contribution in [3.05, 3.63) is 29.8 Å². The lowest BCUT2D eigenvalue weighted by molar-refractivity contribution is -0.135. The Morgan fingerprint density at radius 1 is 1.37 bits per heavy atom. The average Bonchev–Trinajstić information content (AvgIpc) is 3.21. The van der Waals surface area contributed by atoms with E-state index in [4.69, 9.17) is 4.74 Å². The van der Waals surface area contributed by atoms with Crippen LogP contribution in [0.4, 0.5) is 4.79 Å². The van der Waals surface area contributed by atoms with Gasteiger partial charge in [-0.3, -0.25) is 14.5 Å². The van der Waals surface area contributed by atoms with Crippen LogP contribution in [0.2, 0.25) is 0 Å². The van der Waals surface area contributed by atoms with Gasteiger partial charge in [-0.15, -0.1) is 0 Å². The van der Waals surface area contributed by atoms with Crippen LogP contribution in [-0.2, 0) is 15.1 Å². The number of rotatable bonds is 5. The molecule has 1 aliphatic heterocycles. The van der Waals surface area contributed by atoms with Crippen LogP contribution in [0.15, 0.2) is 24.3 Å². The van der Waals surface area contributed by atoms with Crippen molar-refractivity contribution in [3.8, 4) is 11.8 Å². The van der Waals surface area contributed by atoms with Crippen molar-refractivity contribution in [1.29, 1.82) is 5.26 Å². The van der Waals surface area contributed by atoms with E-state index in [1.165, 1.54) is 7.11 Å². The molecule has 1 heterocycles. The molecule has 0 radical (unpaired) electrons. The van der Waals surface area contributed by atoms with Gasteiger partial charge in [-0.25, -0.2) is 4.79 Å². The van der Waals surface area contributed by atoms with E-state index in [1.807, 2.05) is 0 Å². The second-order valence-electron chi connectivity index (χ2n) is 7.13. The topological polar surface area (TPSA) is 112 Å². The van der Waals surface area contributed by atoms with Gasteiger partial charge in [0.25, 0.3) is 5.91 Å². The van der Waals surface area contributed by atoms with Crippen LogP contribution < -0.4 is 15.4 Å². The molecular weight excluding hydrogens is 348 g/mol. The quantitative estimate of drug-likeness (QED) is 0.761. The number of carbonyl (C=O) groups excluding carboxylic acids is 3. The summed E-state index contributed by atoms with van der Waals surface area (Å²) in [6, 6.07) is 8.37. The molecule has 0 unspecified atom stereocenters. The van der Waals surface area contributed by atoms with Crippen LogP contribution in [0, 0.1) is 11.3 Å². The molecule has 2 fully saturated rings. The second kappa shape index (κ2) is 6.91. The molecule has 1 aliphatic carbocycles. The van der Waals surface area contributed by atoms with Crippen molar-refractivity contribution in [1.82, 2.24) is 15.5 Å². The molecule has 1 atom stereocenters. The van der Waals surface area contributed by atoms with Crippen LogP contribution in [0.1, 0.15) is 38.2 Å². The third-order valence-electron chi connectivity index (χ3n) is 5.27. The molecule has 27 heavy (non-hydrogen) atoms. The predicted molar refractivity (Wildman–Crippen MR) is 95.5 cm³/mol. The van der Waals surface area contributed by atoms with Crippen LogP contribution in [-0.4, -0.2) is 41.9 Å². The maximum absolute atomic E-state index is 12.9. The maximum atomic E-state index is 12.9. The fraction of sp³-hybridized carbons (Fsp3) is 0.474. The van der Waals surface area contributed by atoms with Crippen LogP contribution in [0.5, 0.6) is 5.75 Å². The van der Waals surface area contributed by atoms with Crippen molar-refractivity contribution >= 4 is 17.8 Å². The molecule has 1 saturated heterocycles. The van der Waals surface area contributed by atoms with Gasteiger partial charge in [0.05, 0.1) is 13.2 Å². The van der Waals surface area contributed by atoms with E-state index in [0.717, 1.165) is 17.7 Å². The number of methoxy groups -OCH3 is 1. The first-order valence-corrected chi connectivity index (χ1v) is 8.84. The normalized spacial score (nSPS) is 23.7. The molecule has 8 heteroatoms. The lowest BCUT2D eigenvalue weighted by Gasteiger charge is -2.24. The summed E-state index contributed by atoms with van der Waals surface area (Å²) in [4.78, 5) is 38.6. The highest BCUT2D eigenvalue weighted by molar-refractivity contribution is 6.09. The van der Waals surface area contributed by atoms with Gasteiger partial charge >= 0.3 is 6.03 Å². The van der Waals surface area contributed by atoms with Crippen LogP contribution in [0.3, 0.4) is 0 Å². The Labute approximate surface area is 157 Å². The van der Waals surface area contributed by atoms with Gasteiger partial charge in [0.1, 0.15) is 23.4 Å². The first-order valence-electron chi connectivity index (χ1n) is 8.84. The number of ether oxygens (including phenoxy) is 1. The zero-order valence-corrected chi connectivity index (χ0v) is 15.4. The number of urea groups is 1. The third-order valence-corrected chi connectivity index (χ3v) is 5.27. The first-order chi connectivity index (χ1) is 12.8. The molecule has 3 rings (SSSR count). The van der Waals surface area contributed by atoms with E-state index in [1.54, 1.807) is 31.2 Å². The number of hydrogen-bond acceptors (Lipinski definition) is 5. The number of amides is 4. The zero-order chi connectivity index (χ0) is 19.7. The Kier molecular flexibility index (Phi) is 4.79. The Bertz CT molecular complexity index is 825. The number of benzene rings is 1. The minimum atomic E-state index is -1.29. The Balaban J connectivity index is 1.76. The largest absolute Gasteiger partial charge is 0.497 e. The summed E-state index contributed by atoms with van der Waals surface area (Å²) < 4.78 is 5.18. The smallest absolute Gasteiger partial charge is 0.325 e. The molecule has 4 amide bonds. The van der Waals surface area contributed by atoms with Gasteiger partial charge in [0.2, 0.25) is 5.91 Å². The van der Waals surface area contributed by atoms with E-state index in [2.05, 4.69) is 16.7 Å². The monoisotopic (exact) mass is 370 g/mol. The number of carbonyl (C=O) groups is 3. The highest BCUT2D eigenvalue weighted by Gasteiger charge is 2.50. The fourth-order valence-corrected chi connectivity index (χ4v) is 3.66. The summed E-state index contributed by atoms with van der Waals surface area (Å²) in [6.07, 6.45) is 2.89. The SMILES string of the molecule is COc1cccc([C@]2(C)NC(=O)N(CC(=O)NC3(C#N)CCCC3)C2=O)c1. The molecule has 8 nitrogen and oxygen atoms in total. The molecule has 2 aliphatic rings. The summed E-state index contributed by atoms with van der Waals surface area (Å²) in [7, 11) is 1.52. The fourth-order valence-electron chi connectivity index (χ4n) is 3.66. The Hall–Kier alpha value is -3.08. The maximum Gasteiger partial charge on any atom is 0.325 e. The van der Waals surface area contributed by atoms with Gasteiger partial charge in [0.15, 0.2) is 0 Å². The van der Waals surface area contributed by atoms with E-state index in [9.17, 15) is 19.6 Å². The number of nitriles is 1. The summed E-state index contributed by atoms with van der Waals surface area (Å²) in [6.45, 7) is 1.17. The molecule has 0 bridgehead atoms. The summed E-state index contributed by atoms with van der Waals surface area (Å²) >= 11 is 0. The highest BCUT2D eigenvalue weighted by Crippen LogP contribution is 2.31. The lowest BCUT2D eigenvalue weighted by Crippen LogP contribution is -2.50. The van der Waals surface area contributed by atoms with Crippen molar-refractivity contribution in [2.45, 2.75) is 43.7 Å². The standard InChI is InChI=1S/C19H22N4O4/c1-18(13-6-5-7-14(10-13)27-2)16(25)23(17(26)22-18)11-15(24)21-19(12-20)8-3-4-9-19/h5-7,10H,3-4,8-9,11H2,1-2H3,(H,21,24)(H,22,26)/t18-/m0/s1. The molecule has 0 spiro atoms. The molecule has 2 N–H and O–H groups in total. The molecule has 1 saturated carbocycles. The molecular formula is C19H22N4O4. The van der Waals surface area contributed by atoms with Crippen molar-refractivity contribution < 1.29 is 19.1 Å². The van der Waals surface area contributed by atoms with Crippen LogP contribution in [0.25, 0.3) is 0 Å². The van der Waals surface area contributed by atoms with E-state index in [-0.39, 0.29) is 0 Å². The van der Waals surface area contributed by atoms with Gasteiger partial charge in [-0.1, -0.05) is 12.1 Å². The van der Waals surface area contributed by atoms with Gasteiger partial charge in [-0.05, 0) is 50.3 Å². The highest BCUT2D eigenvalue weighted by atomic mass is 16.5. The first kappa shape index (κ1) is 18.7. The number of hydrogen-bond donors (Lipinski definition) is 2. The minimum absolute atomic E-state index is 0.423. The van der Waals surface area contributed by atoms with Crippen molar-refractivity contribution in [2.75, 3.05) is 13.7 Å². The summed E-state index contributed by atoms with van der Waals surface area (Å²) in [5.41, 5.74) is -1.62. The van der Waals surface area contributed by atoms with Crippen molar-refractivity contribution in [2.24, 2.45) is 0 Å². The van der Waals surface area contributed by atoms with Crippen molar-refractivity contribution in [3.63, 3.8) is 0 Å². The molecule has 1 aromatic rings. The van der Waals surface area contributed by atoms with Gasteiger partial charge < -0.3 is 15.4 Å². The Morgan fingerprint density at radius 2 is 2.07 bits per heavy atom. The van der Waals surface area contributed by atoms with Gasteiger partial charge in [-0.2, -0.15) is 5.26 Å². The number of imide groups is 1. The van der Waals surface area contributed by atoms with Gasteiger partial charge in [0, 0.05) is 0 Å². The van der Waals surface area contributed by atoms with E-state index < -0.39 is 35.5 Å². The number of nitrogens with one attached hydrogen (secondary N) is 2. The lowest BCUT2D eigenvalue weighted by atomic mass is 9.92. The van der Waals surface area contributed by atoms with E-state index in [0.29, 0.717) is 24.2 Å². The third kappa shape index (κ3) is 3.33. The Morgan fingerprint density at radius 3 is 2.70 bits per heavy atom. The molecule has 1 aromatic carbocycles. The summed E-state index contributed by atoms with van der Waals surface area (Å²) in [5, 5.41) is 14.7. The zero-order valence-electron chi connectivity index (χ0n) is 15.4. The molecule has 142 valence electrons. The minimum Gasteiger partial charge on any atom is -0.497 e. The average molecular weight is 370 g/mol. The van der Waals surface area contributed by atoms with E-state index >= 15 is 0 Å². The molecule has 0 aromatic heterocycles. The van der Waals surface area contributed by atoms with Crippen LogP contribution >= 0.6 is 0 Å². The summed E-state index contributed by atoms with van der Waals surface area (Å²) in [5.74, 6) is -0.477.